The summed E-state index contributed by atoms with van der Waals surface area (Å²) >= 11 is 0. The minimum Gasteiger partial charge on any atom is -0.304 e. The van der Waals surface area contributed by atoms with Crippen molar-refractivity contribution in [1.29, 1.82) is 0 Å². The molecule has 2 saturated heterocycles. The second kappa shape index (κ2) is 17.5. The Hall–Kier alpha value is 0.0200. The van der Waals surface area contributed by atoms with Crippen LogP contribution in [-0.4, -0.2) is 85.0 Å². The fourth-order valence-corrected chi connectivity index (χ4v) is 5.85. The molecule has 198 valence electrons. The zero-order valence-corrected chi connectivity index (χ0v) is 25.8. The Labute approximate surface area is 232 Å². The van der Waals surface area contributed by atoms with Gasteiger partial charge >= 0.3 is 0 Å². The highest BCUT2D eigenvalue weighted by Crippen LogP contribution is 2.22. The van der Waals surface area contributed by atoms with Crippen LogP contribution >= 0.6 is 34.0 Å². The number of hydrogen-bond donors (Lipinski definition) is 0. The lowest BCUT2D eigenvalue weighted by atomic mass is 9.96. The first-order chi connectivity index (χ1) is 15.6. The lowest BCUT2D eigenvalue weighted by molar-refractivity contribution is 0.131. The predicted octanol–water partition coefficient (Wildman–Crippen LogP) is 5.95. The number of piperidine rings is 2. The van der Waals surface area contributed by atoms with Crippen molar-refractivity contribution >= 4 is 34.0 Å². The van der Waals surface area contributed by atoms with Crippen molar-refractivity contribution in [2.24, 2.45) is 11.8 Å². The molecule has 2 heterocycles. The molecule has 0 amide bonds. The molecule has 2 unspecified atom stereocenters. The lowest BCUT2D eigenvalue weighted by Crippen LogP contribution is -2.40. The van der Waals surface area contributed by atoms with Crippen LogP contribution in [0, 0.1) is 11.8 Å². The first-order valence-electron chi connectivity index (χ1n) is 13.6. The second-order valence-electron chi connectivity index (χ2n) is 10.3. The molecule has 2 aliphatic rings. The van der Waals surface area contributed by atoms with Crippen molar-refractivity contribution in [2.45, 2.75) is 66.5 Å². The van der Waals surface area contributed by atoms with E-state index in [1.165, 1.54) is 102 Å². The summed E-state index contributed by atoms with van der Waals surface area (Å²) in [5.74, 6) is 1.68. The van der Waals surface area contributed by atoms with Gasteiger partial charge in [-0.2, -0.15) is 0 Å². The highest BCUT2D eigenvalue weighted by Gasteiger charge is 2.23. The number of nitrogens with zero attached hydrogens (tertiary/aromatic N) is 4. The summed E-state index contributed by atoms with van der Waals surface area (Å²) in [5.41, 5.74) is 2.96. The van der Waals surface area contributed by atoms with Crippen LogP contribution in [0.5, 0.6) is 0 Å². The van der Waals surface area contributed by atoms with Crippen molar-refractivity contribution in [3.05, 3.63) is 35.4 Å². The molecule has 34 heavy (non-hydrogen) atoms. The van der Waals surface area contributed by atoms with Gasteiger partial charge in [-0.25, -0.2) is 0 Å². The molecular weight excluding hydrogens is 552 g/mol. The Balaban J connectivity index is 0.00000289. The molecule has 2 aliphatic heterocycles. The Morgan fingerprint density at radius 2 is 1.00 bits per heavy atom. The summed E-state index contributed by atoms with van der Waals surface area (Å²) in [7, 11) is 0. The van der Waals surface area contributed by atoms with Gasteiger partial charge in [0.2, 0.25) is 0 Å². The molecule has 0 saturated carbocycles. The minimum absolute atomic E-state index is 0. The highest BCUT2D eigenvalue weighted by molar-refractivity contribution is 8.93. The molecule has 0 radical (unpaired) electrons. The molecule has 1 aromatic rings. The standard InChI is InChI=1S/C28H50N4.2BrH/c1-5-29(6-2)21-27-11-9-17-31(23-27)19-25-13-15-26(16-14-25)20-32-18-10-12-28(24-32)22-30(7-3)8-4;;/h13-16,27-28H,5-12,17-24H2,1-4H3;2*1H. The number of hydrogen-bond acceptors (Lipinski definition) is 4. The smallest absolute Gasteiger partial charge is 0.0233 e. The van der Waals surface area contributed by atoms with Crippen LogP contribution in [0.25, 0.3) is 0 Å². The Bertz CT molecular complexity index is 579. The largest absolute Gasteiger partial charge is 0.304 e. The summed E-state index contributed by atoms with van der Waals surface area (Å²) in [6, 6.07) is 9.56. The zero-order chi connectivity index (χ0) is 22.8. The van der Waals surface area contributed by atoms with Gasteiger partial charge in [-0.3, -0.25) is 9.80 Å². The monoisotopic (exact) mass is 602 g/mol. The van der Waals surface area contributed by atoms with E-state index in [2.05, 4.69) is 71.6 Å². The maximum atomic E-state index is 2.69. The zero-order valence-electron chi connectivity index (χ0n) is 22.4. The minimum atomic E-state index is 0. The highest BCUT2D eigenvalue weighted by atomic mass is 79.9. The van der Waals surface area contributed by atoms with Crippen LogP contribution in [0.2, 0.25) is 0 Å². The molecule has 0 aliphatic carbocycles. The van der Waals surface area contributed by atoms with E-state index in [-0.39, 0.29) is 34.0 Å². The molecule has 3 rings (SSSR count). The van der Waals surface area contributed by atoms with Crippen LogP contribution in [-0.2, 0) is 13.1 Å². The van der Waals surface area contributed by atoms with Gasteiger partial charge in [-0.05, 0) is 87.9 Å². The van der Waals surface area contributed by atoms with Crippen LogP contribution in [0.4, 0.5) is 0 Å². The number of rotatable bonds is 12. The van der Waals surface area contributed by atoms with Crippen molar-refractivity contribution < 1.29 is 0 Å². The van der Waals surface area contributed by atoms with Crippen molar-refractivity contribution in [3.63, 3.8) is 0 Å². The third-order valence-corrected chi connectivity index (χ3v) is 7.86. The molecule has 0 spiro atoms. The molecule has 0 N–H and O–H groups in total. The molecule has 4 nitrogen and oxygen atoms in total. The summed E-state index contributed by atoms with van der Waals surface area (Å²) < 4.78 is 0. The Morgan fingerprint density at radius 3 is 1.32 bits per heavy atom. The first-order valence-corrected chi connectivity index (χ1v) is 13.6. The third-order valence-electron chi connectivity index (χ3n) is 7.86. The lowest BCUT2D eigenvalue weighted by Gasteiger charge is -2.35. The average molecular weight is 605 g/mol. The maximum Gasteiger partial charge on any atom is 0.0233 e. The molecule has 2 fully saturated rings. The normalized spacial score (nSPS) is 21.9. The first kappa shape index (κ1) is 32.0. The topological polar surface area (TPSA) is 13.0 Å². The van der Waals surface area contributed by atoms with E-state index in [4.69, 9.17) is 0 Å². The fraction of sp³-hybridized carbons (Fsp3) is 0.786. The number of benzene rings is 1. The SMILES string of the molecule is Br.Br.CCN(CC)CC1CCCN(Cc2ccc(CN3CCCC(CN(CC)CC)C3)cc2)C1. The summed E-state index contributed by atoms with van der Waals surface area (Å²) in [5, 5.41) is 0. The number of halogens is 2. The van der Waals surface area contributed by atoms with Gasteiger partial charge in [0.25, 0.3) is 0 Å². The second-order valence-corrected chi connectivity index (χ2v) is 10.3. The van der Waals surface area contributed by atoms with Gasteiger partial charge in [-0.15, -0.1) is 34.0 Å². The number of likely N-dealkylation sites (tertiary alicyclic amines) is 2. The third kappa shape index (κ3) is 10.6. The van der Waals surface area contributed by atoms with Crippen molar-refractivity contribution in [2.75, 3.05) is 65.4 Å². The predicted molar refractivity (Wildman–Crippen MR) is 159 cm³/mol. The van der Waals surface area contributed by atoms with Gasteiger partial charge in [0.1, 0.15) is 0 Å². The molecule has 0 aromatic heterocycles. The van der Waals surface area contributed by atoms with E-state index in [1.807, 2.05) is 0 Å². The van der Waals surface area contributed by atoms with Gasteiger partial charge in [0.15, 0.2) is 0 Å². The van der Waals surface area contributed by atoms with Gasteiger partial charge in [0.05, 0.1) is 0 Å². The summed E-state index contributed by atoms with van der Waals surface area (Å²) in [6.07, 6.45) is 5.51. The van der Waals surface area contributed by atoms with Crippen LogP contribution in [0.1, 0.15) is 64.5 Å². The van der Waals surface area contributed by atoms with E-state index < -0.39 is 0 Å². The van der Waals surface area contributed by atoms with Gasteiger partial charge in [0, 0.05) is 39.3 Å². The van der Waals surface area contributed by atoms with Crippen molar-refractivity contribution in [1.82, 2.24) is 19.6 Å². The molecule has 6 heteroatoms. The summed E-state index contributed by atoms with van der Waals surface area (Å²) in [6.45, 7) is 23.7. The van der Waals surface area contributed by atoms with E-state index in [1.54, 1.807) is 0 Å². The van der Waals surface area contributed by atoms with E-state index in [9.17, 15) is 0 Å². The van der Waals surface area contributed by atoms with E-state index >= 15 is 0 Å². The molecule has 1 aromatic carbocycles. The summed E-state index contributed by atoms with van der Waals surface area (Å²) in [4.78, 5) is 10.6. The maximum absolute atomic E-state index is 2.69. The fourth-order valence-electron chi connectivity index (χ4n) is 5.85. The molecule has 2 atom stereocenters. The van der Waals surface area contributed by atoms with Crippen LogP contribution in [0.3, 0.4) is 0 Å². The van der Waals surface area contributed by atoms with Crippen LogP contribution in [0.15, 0.2) is 24.3 Å². The van der Waals surface area contributed by atoms with Gasteiger partial charge in [-0.1, -0.05) is 52.0 Å². The van der Waals surface area contributed by atoms with Gasteiger partial charge < -0.3 is 9.80 Å². The Morgan fingerprint density at radius 1 is 0.647 bits per heavy atom. The van der Waals surface area contributed by atoms with E-state index in [0.29, 0.717) is 0 Å². The quantitative estimate of drug-likeness (QED) is 0.293. The molecular formula is C28H52Br2N4. The van der Waals surface area contributed by atoms with Crippen LogP contribution < -0.4 is 0 Å². The van der Waals surface area contributed by atoms with Crippen molar-refractivity contribution in [3.8, 4) is 0 Å². The molecule has 0 bridgehead atoms. The average Bonchev–Trinajstić information content (AvgIpc) is 2.83. The Kier molecular flexibility index (Phi) is 16.5. The van der Waals surface area contributed by atoms with E-state index in [0.717, 1.165) is 24.9 Å².